The number of ether oxygens (including phenoxy) is 1. The van der Waals surface area contributed by atoms with Gasteiger partial charge in [-0.05, 0) is 30.5 Å². The van der Waals surface area contributed by atoms with Crippen LogP contribution in [0.2, 0.25) is 0 Å². The number of nitrogens with one attached hydrogen (secondary N) is 1. The molecule has 1 unspecified atom stereocenters. The van der Waals surface area contributed by atoms with Gasteiger partial charge < -0.3 is 20.9 Å². The Morgan fingerprint density at radius 3 is 2.79 bits per heavy atom. The number of phenols is 1. The van der Waals surface area contributed by atoms with Crippen molar-refractivity contribution in [2.24, 2.45) is 11.7 Å². The first-order valence-electron chi connectivity index (χ1n) is 6.46. The van der Waals surface area contributed by atoms with Crippen LogP contribution < -0.4 is 15.8 Å². The molecule has 4 N–H and O–H groups in total. The first-order chi connectivity index (χ1) is 9.12. The lowest BCUT2D eigenvalue weighted by atomic mass is 9.98. The lowest BCUT2D eigenvalue weighted by molar-refractivity contribution is -0.124. The highest BCUT2D eigenvalue weighted by Gasteiger charge is 2.17. The van der Waals surface area contributed by atoms with E-state index < -0.39 is 0 Å². The molecular weight excluding hydrogens is 244 g/mol. The first-order valence-corrected chi connectivity index (χ1v) is 6.46. The van der Waals surface area contributed by atoms with Crippen molar-refractivity contribution in [2.45, 2.75) is 19.8 Å². The molecule has 0 aliphatic heterocycles. The van der Waals surface area contributed by atoms with Gasteiger partial charge in [-0.15, -0.1) is 0 Å². The molecule has 1 rings (SSSR count). The van der Waals surface area contributed by atoms with Gasteiger partial charge in [-0.1, -0.05) is 13.0 Å². The number of nitrogens with two attached hydrogens (primary N) is 1. The Hall–Kier alpha value is -1.75. The van der Waals surface area contributed by atoms with Crippen molar-refractivity contribution in [1.82, 2.24) is 5.32 Å². The summed E-state index contributed by atoms with van der Waals surface area (Å²) in [5, 5.41) is 12.5. The fourth-order valence-electron chi connectivity index (χ4n) is 1.82. The van der Waals surface area contributed by atoms with Gasteiger partial charge in [-0.2, -0.15) is 0 Å². The minimum absolute atomic E-state index is 0.0420. The van der Waals surface area contributed by atoms with E-state index in [1.54, 1.807) is 12.1 Å². The summed E-state index contributed by atoms with van der Waals surface area (Å²) in [6.07, 6.45) is 1.40. The minimum atomic E-state index is -0.278. The average Bonchev–Trinajstić information content (AvgIpc) is 2.42. The predicted octanol–water partition coefficient (Wildman–Crippen LogP) is 1.04. The molecule has 0 heterocycles. The van der Waals surface area contributed by atoms with Crippen molar-refractivity contribution in [1.29, 1.82) is 0 Å². The molecule has 1 atom stereocenters. The molecule has 1 aromatic rings. The molecule has 0 aliphatic carbocycles. The summed E-state index contributed by atoms with van der Waals surface area (Å²) >= 11 is 0. The number of rotatable bonds is 7. The van der Waals surface area contributed by atoms with Crippen molar-refractivity contribution in [3.63, 3.8) is 0 Å². The molecule has 0 fully saturated rings. The van der Waals surface area contributed by atoms with Crippen LogP contribution in [0, 0.1) is 5.92 Å². The quantitative estimate of drug-likeness (QED) is 0.688. The SMILES string of the molecule is CCCNC(=O)C(CN)Cc1ccc(OC)c(O)c1. The van der Waals surface area contributed by atoms with E-state index in [2.05, 4.69) is 5.32 Å². The van der Waals surface area contributed by atoms with Crippen molar-refractivity contribution in [3.05, 3.63) is 23.8 Å². The van der Waals surface area contributed by atoms with E-state index in [1.165, 1.54) is 7.11 Å². The second kappa shape index (κ2) is 7.63. The highest BCUT2D eigenvalue weighted by molar-refractivity contribution is 5.79. The summed E-state index contributed by atoms with van der Waals surface area (Å²) in [4.78, 5) is 11.9. The number of phenolic OH excluding ortho intramolecular Hbond substituents is 1. The van der Waals surface area contributed by atoms with Gasteiger partial charge in [0.2, 0.25) is 5.91 Å². The smallest absolute Gasteiger partial charge is 0.224 e. The topological polar surface area (TPSA) is 84.6 Å². The third-order valence-electron chi connectivity index (χ3n) is 2.93. The summed E-state index contributed by atoms with van der Waals surface area (Å²) in [6.45, 7) is 2.94. The molecule has 0 aliphatic rings. The van der Waals surface area contributed by atoms with E-state index in [4.69, 9.17) is 10.5 Å². The van der Waals surface area contributed by atoms with Gasteiger partial charge in [0.1, 0.15) is 0 Å². The maximum Gasteiger partial charge on any atom is 0.224 e. The minimum Gasteiger partial charge on any atom is -0.504 e. The molecule has 5 nitrogen and oxygen atoms in total. The van der Waals surface area contributed by atoms with Crippen LogP contribution in [0.25, 0.3) is 0 Å². The number of amides is 1. The number of methoxy groups -OCH3 is 1. The highest BCUT2D eigenvalue weighted by Crippen LogP contribution is 2.27. The van der Waals surface area contributed by atoms with Gasteiger partial charge in [0, 0.05) is 13.1 Å². The molecule has 5 heteroatoms. The van der Waals surface area contributed by atoms with Crippen molar-refractivity contribution >= 4 is 5.91 Å². The normalized spacial score (nSPS) is 11.9. The molecule has 19 heavy (non-hydrogen) atoms. The zero-order chi connectivity index (χ0) is 14.3. The molecule has 0 spiro atoms. The van der Waals surface area contributed by atoms with E-state index >= 15 is 0 Å². The Bertz CT molecular complexity index is 421. The maximum absolute atomic E-state index is 11.9. The van der Waals surface area contributed by atoms with E-state index in [-0.39, 0.29) is 24.1 Å². The number of carbonyl (C=O) groups is 1. The first kappa shape index (κ1) is 15.3. The Labute approximate surface area is 113 Å². The van der Waals surface area contributed by atoms with Crippen LogP contribution in [-0.2, 0) is 11.2 Å². The third kappa shape index (κ3) is 4.44. The summed E-state index contributed by atoms with van der Waals surface area (Å²) in [5.41, 5.74) is 6.50. The summed E-state index contributed by atoms with van der Waals surface area (Å²) in [6, 6.07) is 5.12. The van der Waals surface area contributed by atoms with Crippen molar-refractivity contribution in [3.8, 4) is 11.5 Å². The van der Waals surface area contributed by atoms with Gasteiger partial charge >= 0.3 is 0 Å². The Balaban J connectivity index is 2.70. The Kier molecular flexibility index (Phi) is 6.15. The predicted molar refractivity (Wildman–Crippen MR) is 74.2 cm³/mol. The fourth-order valence-corrected chi connectivity index (χ4v) is 1.82. The van der Waals surface area contributed by atoms with Crippen LogP contribution in [0.3, 0.4) is 0 Å². The molecule has 0 bridgehead atoms. The summed E-state index contributed by atoms with van der Waals surface area (Å²) < 4.78 is 4.98. The van der Waals surface area contributed by atoms with Gasteiger partial charge in [0.15, 0.2) is 11.5 Å². The van der Waals surface area contributed by atoms with Crippen LogP contribution in [0.1, 0.15) is 18.9 Å². The van der Waals surface area contributed by atoms with E-state index in [0.717, 1.165) is 12.0 Å². The molecule has 0 radical (unpaired) electrons. The van der Waals surface area contributed by atoms with Gasteiger partial charge in [-0.3, -0.25) is 4.79 Å². The van der Waals surface area contributed by atoms with E-state index in [1.807, 2.05) is 13.0 Å². The zero-order valence-corrected chi connectivity index (χ0v) is 11.5. The largest absolute Gasteiger partial charge is 0.504 e. The lowest BCUT2D eigenvalue weighted by Gasteiger charge is -2.15. The Morgan fingerprint density at radius 2 is 2.26 bits per heavy atom. The molecule has 1 aromatic carbocycles. The lowest BCUT2D eigenvalue weighted by Crippen LogP contribution is -2.36. The van der Waals surface area contributed by atoms with Gasteiger partial charge in [-0.25, -0.2) is 0 Å². The molecule has 0 saturated carbocycles. The molecule has 1 amide bonds. The van der Waals surface area contributed by atoms with Crippen LogP contribution in [0.5, 0.6) is 11.5 Å². The van der Waals surface area contributed by atoms with Crippen molar-refractivity contribution in [2.75, 3.05) is 20.2 Å². The molecular formula is C14H22N2O3. The van der Waals surface area contributed by atoms with Crippen LogP contribution in [0.15, 0.2) is 18.2 Å². The second-order valence-corrected chi connectivity index (χ2v) is 4.43. The summed E-state index contributed by atoms with van der Waals surface area (Å²) in [5.74, 6) is 0.173. The second-order valence-electron chi connectivity index (χ2n) is 4.43. The van der Waals surface area contributed by atoms with E-state index in [9.17, 15) is 9.90 Å². The average molecular weight is 266 g/mol. The number of carbonyl (C=O) groups excluding carboxylic acids is 1. The number of hydrogen-bond donors (Lipinski definition) is 3. The van der Waals surface area contributed by atoms with Crippen LogP contribution >= 0.6 is 0 Å². The molecule has 0 aromatic heterocycles. The molecule has 106 valence electrons. The fraction of sp³-hybridized carbons (Fsp3) is 0.500. The van der Waals surface area contributed by atoms with Gasteiger partial charge in [0.05, 0.1) is 13.0 Å². The van der Waals surface area contributed by atoms with Crippen molar-refractivity contribution < 1.29 is 14.6 Å². The number of benzene rings is 1. The summed E-state index contributed by atoms with van der Waals surface area (Å²) in [7, 11) is 1.50. The maximum atomic E-state index is 11.9. The third-order valence-corrected chi connectivity index (χ3v) is 2.93. The standard InChI is InChI=1S/C14H22N2O3/c1-3-6-16-14(18)11(9-15)7-10-4-5-13(19-2)12(17)8-10/h4-5,8,11,17H,3,6-7,9,15H2,1-2H3,(H,16,18). The zero-order valence-electron chi connectivity index (χ0n) is 11.5. The molecule has 0 saturated heterocycles. The monoisotopic (exact) mass is 266 g/mol. The Morgan fingerprint density at radius 1 is 1.53 bits per heavy atom. The number of hydrogen-bond acceptors (Lipinski definition) is 4. The van der Waals surface area contributed by atoms with Crippen LogP contribution in [-0.4, -0.2) is 31.2 Å². The highest BCUT2D eigenvalue weighted by atomic mass is 16.5. The van der Waals surface area contributed by atoms with E-state index in [0.29, 0.717) is 18.7 Å². The van der Waals surface area contributed by atoms with Gasteiger partial charge in [0.25, 0.3) is 0 Å². The van der Waals surface area contributed by atoms with Crippen LogP contribution in [0.4, 0.5) is 0 Å². The number of aromatic hydroxyl groups is 1.